The summed E-state index contributed by atoms with van der Waals surface area (Å²) in [5, 5.41) is 14.8. The molecule has 0 radical (unpaired) electrons. The minimum absolute atomic E-state index is 0.116. The first-order chi connectivity index (χ1) is 12.7. The number of rotatable bonds is 6. The average Bonchev–Trinajstić information content (AvgIpc) is 3.13. The highest BCUT2D eigenvalue weighted by molar-refractivity contribution is 5.95. The van der Waals surface area contributed by atoms with Crippen LogP contribution in [0.3, 0.4) is 0 Å². The maximum atomic E-state index is 12.6. The molecule has 9 nitrogen and oxygen atoms in total. The van der Waals surface area contributed by atoms with Crippen LogP contribution in [0.4, 0.5) is 0 Å². The summed E-state index contributed by atoms with van der Waals surface area (Å²) in [6.45, 7) is 8.13. The summed E-state index contributed by atoms with van der Waals surface area (Å²) in [6.07, 6.45) is 3.93. The number of nitrogens with one attached hydrogen (secondary N) is 1. The van der Waals surface area contributed by atoms with E-state index in [1.807, 2.05) is 27.7 Å². The van der Waals surface area contributed by atoms with E-state index in [-0.39, 0.29) is 29.1 Å². The molecular formula is C18H28N6O3. The van der Waals surface area contributed by atoms with Gasteiger partial charge in [-0.05, 0) is 40.5 Å². The number of nitrogens with zero attached hydrogens (tertiary/aromatic N) is 5. The smallest absolute Gasteiger partial charge is 0.273 e. The van der Waals surface area contributed by atoms with E-state index in [9.17, 15) is 9.59 Å². The second kappa shape index (κ2) is 7.28. The molecule has 1 N–H and O–H groups in total. The second-order valence-electron chi connectivity index (χ2n) is 8.38. The monoisotopic (exact) mass is 376 g/mol. The number of aromatic nitrogens is 3. The predicted octanol–water partition coefficient (Wildman–Crippen LogP) is 1.16. The average molecular weight is 376 g/mol. The number of carbonyl (C=O) groups is 2. The molecule has 2 heterocycles. The Morgan fingerprint density at radius 1 is 1.41 bits per heavy atom. The molecule has 0 spiro atoms. The fraction of sp³-hybridized carbons (Fsp3) is 0.722. The van der Waals surface area contributed by atoms with Crippen molar-refractivity contribution < 1.29 is 14.4 Å². The molecule has 0 aromatic carbocycles. The van der Waals surface area contributed by atoms with E-state index in [1.54, 1.807) is 22.8 Å². The van der Waals surface area contributed by atoms with Crippen molar-refractivity contribution in [1.82, 2.24) is 25.2 Å². The van der Waals surface area contributed by atoms with Gasteiger partial charge in [0, 0.05) is 32.0 Å². The van der Waals surface area contributed by atoms with Crippen LogP contribution in [0.1, 0.15) is 57.4 Å². The van der Waals surface area contributed by atoms with Gasteiger partial charge in [0.05, 0.1) is 17.4 Å². The quantitative estimate of drug-likeness (QED) is 0.803. The van der Waals surface area contributed by atoms with Crippen molar-refractivity contribution in [3.63, 3.8) is 0 Å². The molecule has 1 fully saturated rings. The van der Waals surface area contributed by atoms with Gasteiger partial charge in [0.2, 0.25) is 6.10 Å². The first kappa shape index (κ1) is 19.3. The molecule has 1 saturated carbocycles. The number of oxime groups is 1. The standard InChI is InChI=1S/C18H28N6O3/c1-11(9-19-16(25)14-10-24(22-20-14)18(2,3)4)23(5)17(26)15-8-13(21-27-15)12-6-7-12/h10-12,15H,6-9H2,1-5H3,(H,19,25). The van der Waals surface area contributed by atoms with Crippen molar-refractivity contribution in [3.8, 4) is 0 Å². The van der Waals surface area contributed by atoms with Gasteiger partial charge in [-0.1, -0.05) is 10.4 Å². The fourth-order valence-electron chi connectivity index (χ4n) is 2.79. The molecule has 9 heteroatoms. The van der Waals surface area contributed by atoms with E-state index in [1.165, 1.54) is 0 Å². The van der Waals surface area contributed by atoms with E-state index in [2.05, 4.69) is 20.8 Å². The summed E-state index contributed by atoms with van der Waals surface area (Å²) in [4.78, 5) is 31.8. The van der Waals surface area contributed by atoms with Gasteiger partial charge < -0.3 is 15.1 Å². The van der Waals surface area contributed by atoms with Crippen molar-refractivity contribution in [2.45, 2.75) is 64.6 Å². The maximum absolute atomic E-state index is 12.6. The number of hydrogen-bond donors (Lipinski definition) is 1. The Balaban J connectivity index is 1.48. The number of hydrogen-bond acceptors (Lipinski definition) is 6. The number of amides is 2. The number of carbonyl (C=O) groups excluding carboxylic acids is 2. The third-order valence-corrected chi connectivity index (χ3v) is 5.00. The molecule has 1 aromatic heterocycles. The summed E-state index contributed by atoms with van der Waals surface area (Å²) in [6, 6.07) is -0.187. The van der Waals surface area contributed by atoms with Gasteiger partial charge in [-0.3, -0.25) is 9.59 Å². The summed E-state index contributed by atoms with van der Waals surface area (Å²) >= 11 is 0. The first-order valence-corrected chi connectivity index (χ1v) is 9.37. The predicted molar refractivity (Wildman–Crippen MR) is 99.2 cm³/mol. The van der Waals surface area contributed by atoms with E-state index in [0.29, 0.717) is 18.9 Å². The van der Waals surface area contributed by atoms with E-state index in [0.717, 1.165) is 18.6 Å². The zero-order chi connectivity index (χ0) is 19.8. The lowest BCUT2D eigenvalue weighted by atomic mass is 10.1. The van der Waals surface area contributed by atoms with Crippen molar-refractivity contribution in [3.05, 3.63) is 11.9 Å². The highest BCUT2D eigenvalue weighted by Gasteiger charge is 2.38. The van der Waals surface area contributed by atoms with Gasteiger partial charge in [-0.15, -0.1) is 5.10 Å². The van der Waals surface area contributed by atoms with Crippen LogP contribution >= 0.6 is 0 Å². The van der Waals surface area contributed by atoms with E-state index < -0.39 is 6.10 Å². The van der Waals surface area contributed by atoms with Gasteiger partial charge in [0.25, 0.3) is 11.8 Å². The minimum Gasteiger partial charge on any atom is -0.382 e. The molecule has 27 heavy (non-hydrogen) atoms. The van der Waals surface area contributed by atoms with Crippen LogP contribution in [-0.4, -0.2) is 63.2 Å². The summed E-state index contributed by atoms with van der Waals surface area (Å²) in [7, 11) is 1.72. The van der Waals surface area contributed by atoms with Gasteiger partial charge in [0.15, 0.2) is 5.69 Å². The molecule has 2 unspecified atom stereocenters. The Labute approximate surface area is 159 Å². The summed E-state index contributed by atoms with van der Waals surface area (Å²) in [5.74, 6) is 0.0795. The molecule has 3 rings (SSSR count). The molecule has 2 atom stereocenters. The lowest BCUT2D eigenvalue weighted by Crippen LogP contribution is -2.47. The minimum atomic E-state index is -0.546. The van der Waals surface area contributed by atoms with Crippen molar-refractivity contribution in [2.75, 3.05) is 13.6 Å². The Morgan fingerprint density at radius 2 is 2.11 bits per heavy atom. The molecular weight excluding hydrogens is 348 g/mol. The Hall–Kier alpha value is -2.45. The topological polar surface area (TPSA) is 102 Å². The summed E-state index contributed by atoms with van der Waals surface area (Å²) < 4.78 is 1.65. The second-order valence-corrected chi connectivity index (χ2v) is 8.38. The Bertz CT molecular complexity index is 747. The molecule has 1 aliphatic carbocycles. The molecule has 1 aliphatic heterocycles. The molecule has 2 aliphatic rings. The van der Waals surface area contributed by atoms with Crippen molar-refractivity contribution >= 4 is 17.5 Å². The van der Waals surface area contributed by atoms with E-state index >= 15 is 0 Å². The third kappa shape index (κ3) is 4.45. The largest absolute Gasteiger partial charge is 0.382 e. The van der Waals surface area contributed by atoms with Gasteiger partial charge in [-0.25, -0.2) is 4.68 Å². The highest BCUT2D eigenvalue weighted by atomic mass is 16.6. The zero-order valence-corrected chi connectivity index (χ0v) is 16.6. The van der Waals surface area contributed by atoms with Gasteiger partial charge >= 0.3 is 0 Å². The van der Waals surface area contributed by atoms with Crippen LogP contribution in [-0.2, 0) is 15.2 Å². The lowest BCUT2D eigenvalue weighted by Gasteiger charge is -2.26. The molecule has 0 saturated heterocycles. The van der Waals surface area contributed by atoms with Crippen LogP contribution < -0.4 is 5.32 Å². The Morgan fingerprint density at radius 3 is 2.70 bits per heavy atom. The van der Waals surface area contributed by atoms with Crippen LogP contribution in [0.2, 0.25) is 0 Å². The number of likely N-dealkylation sites (N-methyl/N-ethyl adjacent to an activating group) is 1. The van der Waals surface area contributed by atoms with Crippen LogP contribution in [0, 0.1) is 5.92 Å². The van der Waals surface area contributed by atoms with Crippen LogP contribution in [0.25, 0.3) is 0 Å². The Kier molecular flexibility index (Phi) is 5.21. The fourth-order valence-corrected chi connectivity index (χ4v) is 2.79. The van der Waals surface area contributed by atoms with Gasteiger partial charge in [-0.2, -0.15) is 0 Å². The lowest BCUT2D eigenvalue weighted by molar-refractivity contribution is -0.142. The normalized spacial score (nSPS) is 20.6. The third-order valence-electron chi connectivity index (χ3n) is 5.00. The zero-order valence-electron chi connectivity index (χ0n) is 16.6. The van der Waals surface area contributed by atoms with E-state index in [4.69, 9.17) is 4.84 Å². The highest BCUT2D eigenvalue weighted by Crippen LogP contribution is 2.35. The van der Waals surface area contributed by atoms with Crippen molar-refractivity contribution in [2.24, 2.45) is 11.1 Å². The van der Waals surface area contributed by atoms with Crippen LogP contribution in [0.15, 0.2) is 11.4 Å². The van der Waals surface area contributed by atoms with Gasteiger partial charge in [0.1, 0.15) is 0 Å². The molecule has 0 bridgehead atoms. The molecule has 2 amide bonds. The van der Waals surface area contributed by atoms with Crippen molar-refractivity contribution in [1.29, 1.82) is 0 Å². The SMILES string of the molecule is CC(CNC(=O)c1cn(C(C)(C)C)nn1)N(C)C(=O)C1CC(C2CC2)=NO1. The first-order valence-electron chi connectivity index (χ1n) is 9.37. The van der Waals surface area contributed by atoms with Crippen LogP contribution in [0.5, 0.6) is 0 Å². The summed E-state index contributed by atoms with van der Waals surface area (Å²) in [5.41, 5.74) is 1.02. The molecule has 1 aromatic rings. The maximum Gasteiger partial charge on any atom is 0.273 e. The molecule has 148 valence electrons.